The van der Waals surface area contributed by atoms with Crippen molar-refractivity contribution in [3.05, 3.63) is 16.1 Å². The monoisotopic (exact) mass is 254 g/mol. The summed E-state index contributed by atoms with van der Waals surface area (Å²) < 4.78 is 0. The Morgan fingerprint density at radius 2 is 1.94 bits per heavy atom. The summed E-state index contributed by atoms with van der Waals surface area (Å²) in [7, 11) is 0. The van der Waals surface area contributed by atoms with E-state index in [1.165, 1.54) is 23.5 Å². The molecular formula is C14H26N2S. The first-order chi connectivity index (χ1) is 7.97. The summed E-state index contributed by atoms with van der Waals surface area (Å²) in [5, 5.41) is 6.93. The Kier molecular flexibility index (Phi) is 5.60. The Bertz CT molecular complexity index is 321. The maximum absolute atomic E-state index is 4.69. The van der Waals surface area contributed by atoms with Gasteiger partial charge < -0.3 is 5.32 Å². The Hall–Kier alpha value is -0.410. The van der Waals surface area contributed by atoms with E-state index >= 15 is 0 Å². The molecule has 3 heteroatoms. The van der Waals surface area contributed by atoms with Crippen LogP contribution in [0.25, 0.3) is 0 Å². The predicted molar refractivity (Wildman–Crippen MR) is 76.6 cm³/mol. The third kappa shape index (κ3) is 4.76. The number of hydrogen-bond acceptors (Lipinski definition) is 3. The maximum atomic E-state index is 4.69. The van der Waals surface area contributed by atoms with Crippen LogP contribution in [-0.4, -0.2) is 11.5 Å². The van der Waals surface area contributed by atoms with Crippen molar-refractivity contribution in [2.45, 2.75) is 59.4 Å². The summed E-state index contributed by atoms with van der Waals surface area (Å²) in [5.41, 5.74) is 1.36. The van der Waals surface area contributed by atoms with Gasteiger partial charge in [0, 0.05) is 17.3 Å². The second-order valence-electron chi connectivity index (χ2n) is 5.71. The molecule has 0 bridgehead atoms. The first-order valence-corrected chi connectivity index (χ1v) is 7.50. The zero-order valence-electron chi connectivity index (χ0n) is 11.8. The second-order valence-corrected chi connectivity index (χ2v) is 6.57. The minimum absolute atomic E-state index is 0.179. The van der Waals surface area contributed by atoms with Crippen LogP contribution in [0.3, 0.4) is 0 Å². The average molecular weight is 254 g/mol. The smallest absolute Gasteiger partial charge is 0.0982 e. The lowest BCUT2D eigenvalue weighted by Gasteiger charge is -2.14. The molecule has 1 aromatic heterocycles. The van der Waals surface area contributed by atoms with Crippen LogP contribution in [0.15, 0.2) is 5.38 Å². The first-order valence-electron chi connectivity index (χ1n) is 6.63. The fourth-order valence-electron chi connectivity index (χ4n) is 1.71. The SMILES string of the molecule is CCC(CC)CNCc1csc(C(C)(C)C)n1. The van der Waals surface area contributed by atoms with Gasteiger partial charge in [0.15, 0.2) is 0 Å². The minimum atomic E-state index is 0.179. The molecule has 0 saturated heterocycles. The van der Waals surface area contributed by atoms with Crippen molar-refractivity contribution < 1.29 is 0 Å². The lowest BCUT2D eigenvalue weighted by Crippen LogP contribution is -2.22. The summed E-state index contributed by atoms with van der Waals surface area (Å²) in [4.78, 5) is 4.69. The molecule has 0 aliphatic heterocycles. The lowest BCUT2D eigenvalue weighted by molar-refractivity contribution is 0.448. The van der Waals surface area contributed by atoms with Gasteiger partial charge in [0.25, 0.3) is 0 Å². The fourth-order valence-corrected chi connectivity index (χ4v) is 2.62. The van der Waals surface area contributed by atoms with E-state index in [0.717, 1.165) is 19.0 Å². The van der Waals surface area contributed by atoms with Crippen molar-refractivity contribution in [1.82, 2.24) is 10.3 Å². The molecule has 98 valence electrons. The molecule has 0 atom stereocenters. The molecule has 0 fully saturated rings. The van der Waals surface area contributed by atoms with Gasteiger partial charge in [0.2, 0.25) is 0 Å². The van der Waals surface area contributed by atoms with Crippen LogP contribution in [0.1, 0.15) is 58.2 Å². The van der Waals surface area contributed by atoms with Crippen molar-refractivity contribution in [2.75, 3.05) is 6.54 Å². The van der Waals surface area contributed by atoms with Crippen molar-refractivity contribution in [2.24, 2.45) is 5.92 Å². The van der Waals surface area contributed by atoms with Gasteiger partial charge >= 0.3 is 0 Å². The molecule has 0 radical (unpaired) electrons. The number of rotatable bonds is 6. The Balaban J connectivity index is 2.40. The number of nitrogens with zero attached hydrogens (tertiary/aromatic N) is 1. The van der Waals surface area contributed by atoms with E-state index < -0.39 is 0 Å². The molecule has 0 spiro atoms. The van der Waals surface area contributed by atoms with Gasteiger partial charge in [-0.2, -0.15) is 0 Å². The number of aromatic nitrogens is 1. The maximum Gasteiger partial charge on any atom is 0.0982 e. The van der Waals surface area contributed by atoms with Gasteiger partial charge in [-0.15, -0.1) is 11.3 Å². The summed E-state index contributed by atoms with van der Waals surface area (Å²) in [6, 6.07) is 0. The summed E-state index contributed by atoms with van der Waals surface area (Å²) in [6.07, 6.45) is 2.52. The average Bonchev–Trinajstić information content (AvgIpc) is 2.73. The van der Waals surface area contributed by atoms with E-state index in [9.17, 15) is 0 Å². The van der Waals surface area contributed by atoms with E-state index in [0.29, 0.717) is 0 Å². The van der Waals surface area contributed by atoms with Gasteiger partial charge in [-0.3, -0.25) is 0 Å². The van der Waals surface area contributed by atoms with Crippen molar-refractivity contribution >= 4 is 11.3 Å². The zero-order chi connectivity index (χ0) is 12.9. The molecule has 0 saturated carbocycles. The fraction of sp³-hybridized carbons (Fsp3) is 0.786. The molecule has 0 aromatic carbocycles. The summed E-state index contributed by atoms with van der Waals surface area (Å²) in [5.74, 6) is 0.802. The van der Waals surface area contributed by atoms with Gasteiger partial charge in [-0.1, -0.05) is 47.5 Å². The molecule has 17 heavy (non-hydrogen) atoms. The number of nitrogens with one attached hydrogen (secondary N) is 1. The molecule has 0 aliphatic carbocycles. The summed E-state index contributed by atoms with van der Waals surface area (Å²) >= 11 is 1.78. The minimum Gasteiger partial charge on any atom is -0.311 e. The molecular weight excluding hydrogens is 228 g/mol. The van der Waals surface area contributed by atoms with E-state index in [1.54, 1.807) is 11.3 Å². The third-order valence-electron chi connectivity index (χ3n) is 3.09. The highest BCUT2D eigenvalue weighted by Crippen LogP contribution is 2.25. The highest BCUT2D eigenvalue weighted by molar-refractivity contribution is 7.09. The van der Waals surface area contributed by atoms with Crippen LogP contribution in [0.4, 0.5) is 0 Å². The molecule has 0 unspecified atom stereocenters. The van der Waals surface area contributed by atoms with E-state index in [4.69, 9.17) is 0 Å². The topological polar surface area (TPSA) is 24.9 Å². The van der Waals surface area contributed by atoms with E-state index in [2.05, 4.69) is 50.3 Å². The van der Waals surface area contributed by atoms with Crippen LogP contribution < -0.4 is 5.32 Å². The zero-order valence-corrected chi connectivity index (χ0v) is 12.7. The van der Waals surface area contributed by atoms with Gasteiger partial charge in [-0.05, 0) is 12.5 Å². The third-order valence-corrected chi connectivity index (χ3v) is 4.40. The molecule has 0 aliphatic rings. The van der Waals surface area contributed by atoms with Crippen LogP contribution >= 0.6 is 11.3 Å². The first kappa shape index (κ1) is 14.7. The molecule has 1 rings (SSSR count). The number of hydrogen-bond donors (Lipinski definition) is 1. The van der Waals surface area contributed by atoms with Crippen LogP contribution in [0.2, 0.25) is 0 Å². The molecule has 1 aromatic rings. The van der Waals surface area contributed by atoms with Crippen LogP contribution in [0, 0.1) is 5.92 Å². The summed E-state index contributed by atoms with van der Waals surface area (Å²) in [6.45, 7) is 13.2. The van der Waals surface area contributed by atoms with E-state index in [1.807, 2.05) is 0 Å². The van der Waals surface area contributed by atoms with Gasteiger partial charge in [0.1, 0.15) is 0 Å². The number of thiazole rings is 1. The highest BCUT2D eigenvalue weighted by atomic mass is 32.1. The largest absolute Gasteiger partial charge is 0.311 e. The lowest BCUT2D eigenvalue weighted by atomic mass is 9.98. The van der Waals surface area contributed by atoms with Crippen molar-refractivity contribution in [3.63, 3.8) is 0 Å². The quantitative estimate of drug-likeness (QED) is 0.831. The normalized spacial score (nSPS) is 12.4. The molecule has 1 N–H and O–H groups in total. The van der Waals surface area contributed by atoms with Gasteiger partial charge in [0.05, 0.1) is 10.7 Å². The van der Waals surface area contributed by atoms with Crippen LogP contribution in [0.5, 0.6) is 0 Å². The van der Waals surface area contributed by atoms with Crippen molar-refractivity contribution in [3.8, 4) is 0 Å². The molecule has 0 amide bonds. The predicted octanol–water partition coefficient (Wildman–Crippen LogP) is 3.97. The van der Waals surface area contributed by atoms with Crippen LogP contribution in [-0.2, 0) is 12.0 Å². The van der Waals surface area contributed by atoms with Gasteiger partial charge in [-0.25, -0.2) is 4.98 Å². The van der Waals surface area contributed by atoms with E-state index in [-0.39, 0.29) is 5.41 Å². The highest BCUT2D eigenvalue weighted by Gasteiger charge is 2.17. The Labute approximate surface area is 110 Å². The second kappa shape index (κ2) is 6.50. The molecule has 2 nitrogen and oxygen atoms in total. The Morgan fingerprint density at radius 1 is 1.29 bits per heavy atom. The Morgan fingerprint density at radius 3 is 2.41 bits per heavy atom. The standard InChI is InChI=1S/C14H26N2S/c1-6-11(7-2)8-15-9-12-10-17-13(16-12)14(3,4)5/h10-11,15H,6-9H2,1-5H3. The van der Waals surface area contributed by atoms with Crippen molar-refractivity contribution in [1.29, 1.82) is 0 Å². The molecule has 1 heterocycles.